The van der Waals surface area contributed by atoms with Gasteiger partial charge in [-0.25, -0.2) is 4.98 Å². The minimum absolute atomic E-state index is 0.0330. The molecule has 1 aromatic rings. The van der Waals surface area contributed by atoms with Gasteiger partial charge >= 0.3 is 5.97 Å². The van der Waals surface area contributed by atoms with E-state index in [0.29, 0.717) is 0 Å². The molecular weight excluding hydrogens is 198 g/mol. The maximum absolute atomic E-state index is 11.5. The molecule has 0 aromatic carbocycles. The molecule has 80 valence electrons. The fourth-order valence-electron chi connectivity index (χ4n) is 0.934. The van der Waals surface area contributed by atoms with Crippen molar-refractivity contribution in [1.29, 1.82) is 0 Å². The Bertz CT molecular complexity index is 392. The number of hydrogen-bond donors (Lipinski definition) is 3. The van der Waals surface area contributed by atoms with Gasteiger partial charge in [-0.05, 0) is 19.1 Å². The number of carbonyl (C=O) groups excluding carboxylic acids is 1. The van der Waals surface area contributed by atoms with Gasteiger partial charge in [-0.1, -0.05) is 0 Å². The van der Waals surface area contributed by atoms with Gasteiger partial charge in [-0.3, -0.25) is 9.59 Å². The van der Waals surface area contributed by atoms with Crippen molar-refractivity contribution in [2.24, 2.45) is 0 Å². The number of nitrogens with two attached hydrogens (primary N) is 1. The number of nitrogens with zero attached hydrogens (tertiary/aromatic N) is 1. The average molecular weight is 209 g/mol. The number of aromatic nitrogens is 1. The maximum atomic E-state index is 11.5. The van der Waals surface area contributed by atoms with Crippen molar-refractivity contribution in [2.75, 3.05) is 5.73 Å². The number of anilines is 1. The van der Waals surface area contributed by atoms with E-state index in [1.807, 2.05) is 0 Å². The number of carboxylic acids is 1. The summed E-state index contributed by atoms with van der Waals surface area (Å²) in [6, 6.07) is 2.14. The Hall–Kier alpha value is -2.11. The van der Waals surface area contributed by atoms with Crippen LogP contribution in [0.4, 0.5) is 5.69 Å². The van der Waals surface area contributed by atoms with Crippen LogP contribution in [0.15, 0.2) is 18.3 Å². The molecule has 1 atom stereocenters. The molecular formula is C9H11N3O3. The van der Waals surface area contributed by atoms with Crippen LogP contribution in [0, 0.1) is 0 Å². The minimum Gasteiger partial charge on any atom is -0.480 e. The Balaban J connectivity index is 2.78. The van der Waals surface area contributed by atoms with Crippen molar-refractivity contribution in [3.63, 3.8) is 0 Å². The van der Waals surface area contributed by atoms with E-state index in [0.717, 1.165) is 0 Å². The lowest BCUT2D eigenvalue weighted by atomic mass is 10.2. The number of nitrogen functional groups attached to an aromatic ring is 1. The van der Waals surface area contributed by atoms with Crippen molar-refractivity contribution >= 4 is 17.6 Å². The summed E-state index contributed by atoms with van der Waals surface area (Å²) < 4.78 is 0. The molecule has 0 spiro atoms. The Morgan fingerprint density at radius 3 is 2.80 bits per heavy atom. The van der Waals surface area contributed by atoms with Gasteiger partial charge in [0.15, 0.2) is 5.69 Å². The van der Waals surface area contributed by atoms with Gasteiger partial charge in [0.1, 0.15) is 6.04 Å². The number of pyridine rings is 1. The molecule has 0 saturated heterocycles. The van der Waals surface area contributed by atoms with Crippen molar-refractivity contribution in [2.45, 2.75) is 13.0 Å². The zero-order valence-electron chi connectivity index (χ0n) is 8.10. The highest BCUT2D eigenvalue weighted by molar-refractivity contribution is 5.98. The molecule has 6 nitrogen and oxygen atoms in total. The van der Waals surface area contributed by atoms with E-state index in [-0.39, 0.29) is 11.4 Å². The summed E-state index contributed by atoms with van der Waals surface area (Å²) in [6.07, 6.45) is 1.41. The summed E-state index contributed by atoms with van der Waals surface area (Å²) in [6.45, 7) is 1.36. The Morgan fingerprint density at radius 1 is 1.60 bits per heavy atom. The molecule has 1 aromatic heterocycles. The normalized spacial score (nSPS) is 11.8. The second kappa shape index (κ2) is 4.41. The van der Waals surface area contributed by atoms with E-state index < -0.39 is 17.9 Å². The van der Waals surface area contributed by atoms with Gasteiger partial charge in [-0.15, -0.1) is 0 Å². The first-order valence-corrected chi connectivity index (χ1v) is 4.26. The molecule has 15 heavy (non-hydrogen) atoms. The number of rotatable bonds is 3. The monoisotopic (exact) mass is 209 g/mol. The molecule has 1 amide bonds. The number of hydrogen-bond acceptors (Lipinski definition) is 4. The highest BCUT2D eigenvalue weighted by Gasteiger charge is 2.17. The van der Waals surface area contributed by atoms with E-state index in [9.17, 15) is 9.59 Å². The summed E-state index contributed by atoms with van der Waals surface area (Å²) >= 11 is 0. The third-order valence-corrected chi connectivity index (χ3v) is 1.77. The minimum atomic E-state index is -1.11. The second-order valence-corrected chi connectivity index (χ2v) is 2.97. The Morgan fingerprint density at radius 2 is 2.27 bits per heavy atom. The second-order valence-electron chi connectivity index (χ2n) is 2.97. The van der Waals surface area contributed by atoms with Crippen molar-refractivity contribution in [1.82, 2.24) is 10.3 Å². The van der Waals surface area contributed by atoms with Crippen LogP contribution in [-0.2, 0) is 4.79 Å². The predicted molar refractivity (Wildman–Crippen MR) is 53.2 cm³/mol. The molecule has 0 saturated carbocycles. The van der Waals surface area contributed by atoms with Crippen LogP contribution in [0.1, 0.15) is 17.4 Å². The summed E-state index contributed by atoms with van der Waals surface area (Å²) in [7, 11) is 0. The first-order valence-electron chi connectivity index (χ1n) is 4.26. The van der Waals surface area contributed by atoms with Gasteiger partial charge in [0.2, 0.25) is 0 Å². The van der Waals surface area contributed by atoms with E-state index in [1.54, 1.807) is 6.07 Å². The molecule has 1 heterocycles. The third kappa shape index (κ3) is 2.67. The lowest BCUT2D eigenvalue weighted by Crippen LogP contribution is -2.38. The van der Waals surface area contributed by atoms with Gasteiger partial charge in [-0.2, -0.15) is 0 Å². The van der Waals surface area contributed by atoms with Crippen LogP contribution >= 0.6 is 0 Å². The van der Waals surface area contributed by atoms with Crippen LogP contribution in [0.3, 0.4) is 0 Å². The average Bonchev–Trinajstić information content (AvgIpc) is 2.18. The first-order chi connectivity index (χ1) is 7.02. The van der Waals surface area contributed by atoms with Crippen LogP contribution in [0.25, 0.3) is 0 Å². The zero-order valence-corrected chi connectivity index (χ0v) is 8.10. The van der Waals surface area contributed by atoms with Crippen molar-refractivity contribution in [3.05, 3.63) is 24.0 Å². The fraction of sp³-hybridized carbons (Fsp3) is 0.222. The van der Waals surface area contributed by atoms with Gasteiger partial charge in [0.25, 0.3) is 5.91 Å². The van der Waals surface area contributed by atoms with E-state index in [2.05, 4.69) is 10.3 Å². The van der Waals surface area contributed by atoms with Gasteiger partial charge in [0.05, 0.1) is 5.69 Å². The van der Waals surface area contributed by atoms with Crippen LogP contribution < -0.4 is 11.1 Å². The highest BCUT2D eigenvalue weighted by Crippen LogP contribution is 2.06. The lowest BCUT2D eigenvalue weighted by molar-refractivity contribution is -0.138. The molecule has 0 aliphatic rings. The third-order valence-electron chi connectivity index (χ3n) is 1.77. The largest absolute Gasteiger partial charge is 0.480 e. The van der Waals surface area contributed by atoms with Crippen molar-refractivity contribution < 1.29 is 14.7 Å². The molecule has 0 fully saturated rings. The fourth-order valence-corrected chi connectivity index (χ4v) is 0.934. The molecule has 1 rings (SSSR count). The quantitative estimate of drug-likeness (QED) is 0.642. The summed E-state index contributed by atoms with van der Waals surface area (Å²) in [5, 5.41) is 10.8. The van der Waals surface area contributed by atoms with Gasteiger partial charge < -0.3 is 16.2 Å². The number of carbonyl (C=O) groups is 2. The highest BCUT2D eigenvalue weighted by atomic mass is 16.4. The summed E-state index contributed by atoms with van der Waals surface area (Å²) in [5.74, 6) is -1.71. The van der Waals surface area contributed by atoms with E-state index in [1.165, 1.54) is 19.2 Å². The molecule has 0 aliphatic heterocycles. The molecule has 1 unspecified atom stereocenters. The van der Waals surface area contributed by atoms with Crippen LogP contribution in [-0.4, -0.2) is 28.0 Å². The number of nitrogens with one attached hydrogen (secondary N) is 1. The van der Waals surface area contributed by atoms with Crippen molar-refractivity contribution in [3.8, 4) is 0 Å². The Labute approximate surface area is 86.1 Å². The zero-order chi connectivity index (χ0) is 11.4. The number of carboxylic acid groups (broad SMARTS) is 1. The standard InChI is InChI=1S/C9H11N3O3/c1-5(9(14)15)12-8(13)7-6(10)3-2-4-11-7/h2-5H,10H2,1H3,(H,12,13)(H,14,15). The molecule has 0 radical (unpaired) electrons. The molecule has 0 bridgehead atoms. The SMILES string of the molecule is CC(NC(=O)c1ncccc1N)C(=O)O. The van der Waals surface area contributed by atoms with Gasteiger partial charge in [0, 0.05) is 6.20 Å². The Kier molecular flexibility index (Phi) is 3.22. The molecule has 0 aliphatic carbocycles. The molecule has 6 heteroatoms. The van der Waals surface area contributed by atoms with E-state index >= 15 is 0 Å². The predicted octanol–water partition coefficient (Wildman–Crippen LogP) is -0.133. The smallest absolute Gasteiger partial charge is 0.325 e. The summed E-state index contributed by atoms with van der Waals surface area (Å²) in [5.41, 5.74) is 5.75. The molecule has 4 N–H and O–H groups in total. The van der Waals surface area contributed by atoms with Crippen LogP contribution in [0.5, 0.6) is 0 Å². The topological polar surface area (TPSA) is 105 Å². The number of aliphatic carboxylic acids is 1. The van der Waals surface area contributed by atoms with E-state index in [4.69, 9.17) is 10.8 Å². The number of amides is 1. The first kappa shape index (κ1) is 11.0. The maximum Gasteiger partial charge on any atom is 0.325 e. The lowest BCUT2D eigenvalue weighted by Gasteiger charge is -2.09. The summed E-state index contributed by atoms with van der Waals surface area (Å²) in [4.78, 5) is 25.7. The van der Waals surface area contributed by atoms with Crippen LogP contribution in [0.2, 0.25) is 0 Å².